The number of benzene rings is 1. The third-order valence-electron chi connectivity index (χ3n) is 3.24. The highest BCUT2D eigenvalue weighted by Gasteiger charge is 2.12. The predicted octanol–water partition coefficient (Wildman–Crippen LogP) is 2.72. The molecule has 1 saturated heterocycles. The molecule has 1 heterocycles. The molecule has 2 rings (SSSR count). The lowest BCUT2D eigenvalue weighted by Gasteiger charge is -2.28. The molecule has 0 spiro atoms. The molecule has 0 bridgehead atoms. The summed E-state index contributed by atoms with van der Waals surface area (Å²) >= 11 is 11.7. The van der Waals surface area contributed by atoms with Gasteiger partial charge in [-0.05, 0) is 25.0 Å². The first-order chi connectivity index (χ1) is 9.65. The maximum atomic E-state index is 9.89. The molecular weight excluding hydrogens is 299 g/mol. The highest BCUT2D eigenvalue weighted by atomic mass is 35.5. The Hall–Kier alpha value is -0.520. The van der Waals surface area contributed by atoms with E-state index in [9.17, 15) is 5.11 Å². The van der Waals surface area contributed by atoms with E-state index in [2.05, 4.69) is 10.4 Å². The average molecular weight is 319 g/mol. The van der Waals surface area contributed by atoms with Crippen LogP contribution >= 0.6 is 23.2 Å². The predicted molar refractivity (Wildman–Crippen MR) is 81.4 cm³/mol. The van der Waals surface area contributed by atoms with Gasteiger partial charge in [0.25, 0.3) is 0 Å². The van der Waals surface area contributed by atoms with Crippen LogP contribution in [-0.4, -0.2) is 42.5 Å². The second kappa shape index (κ2) is 8.05. The number of rotatable bonds is 6. The van der Waals surface area contributed by atoms with Gasteiger partial charge in [-0.1, -0.05) is 29.6 Å². The summed E-state index contributed by atoms with van der Waals surface area (Å²) in [6.07, 6.45) is 3.15. The van der Waals surface area contributed by atoms with Crippen molar-refractivity contribution in [3.8, 4) is 5.75 Å². The lowest BCUT2D eigenvalue weighted by atomic mass is 10.2. The maximum Gasteiger partial charge on any atom is 0.121 e. The van der Waals surface area contributed by atoms with Gasteiger partial charge in [-0.3, -0.25) is 5.43 Å². The number of aliphatic hydroxyl groups is 1. The molecule has 6 heteroatoms. The Morgan fingerprint density at radius 2 is 1.95 bits per heavy atom. The highest BCUT2D eigenvalue weighted by Crippen LogP contribution is 2.26. The molecule has 0 radical (unpaired) electrons. The minimum absolute atomic E-state index is 0.221. The summed E-state index contributed by atoms with van der Waals surface area (Å²) in [6.45, 7) is 2.79. The number of hydrogen-bond donors (Lipinski definition) is 2. The number of nitrogens with one attached hydrogen (secondary N) is 1. The van der Waals surface area contributed by atoms with Crippen LogP contribution in [0, 0.1) is 0 Å². The van der Waals surface area contributed by atoms with E-state index in [4.69, 9.17) is 27.9 Å². The van der Waals surface area contributed by atoms with Crippen molar-refractivity contribution in [2.75, 3.05) is 26.2 Å². The third-order valence-corrected chi connectivity index (χ3v) is 3.98. The van der Waals surface area contributed by atoms with Gasteiger partial charge in [0.15, 0.2) is 0 Å². The molecule has 1 aliphatic heterocycles. The Morgan fingerprint density at radius 1 is 1.20 bits per heavy atom. The summed E-state index contributed by atoms with van der Waals surface area (Å²) in [7, 11) is 0. The Bertz CT molecular complexity index is 426. The summed E-state index contributed by atoms with van der Waals surface area (Å²) < 4.78 is 5.49. The van der Waals surface area contributed by atoms with Crippen molar-refractivity contribution in [3.63, 3.8) is 0 Å². The molecule has 1 unspecified atom stereocenters. The van der Waals surface area contributed by atoms with Crippen molar-refractivity contribution < 1.29 is 9.84 Å². The first-order valence-electron chi connectivity index (χ1n) is 6.89. The number of nitrogens with zero attached hydrogens (tertiary/aromatic N) is 1. The number of hydrogen-bond acceptors (Lipinski definition) is 4. The molecule has 1 aromatic rings. The van der Waals surface area contributed by atoms with Crippen molar-refractivity contribution >= 4 is 23.2 Å². The maximum absolute atomic E-state index is 9.89. The summed E-state index contributed by atoms with van der Waals surface area (Å²) in [5.41, 5.74) is 3.23. The molecule has 1 aliphatic rings. The average Bonchev–Trinajstić information content (AvgIpc) is 2.47. The van der Waals surface area contributed by atoms with Crippen LogP contribution in [0.5, 0.6) is 5.75 Å². The van der Waals surface area contributed by atoms with Gasteiger partial charge in [-0.15, -0.1) is 0 Å². The van der Waals surface area contributed by atoms with Crippen LogP contribution in [0.2, 0.25) is 10.0 Å². The summed E-state index contributed by atoms with van der Waals surface area (Å²) in [5.74, 6) is 0.608. The number of ether oxygens (including phenoxy) is 1. The highest BCUT2D eigenvalue weighted by molar-refractivity contribution is 6.42. The van der Waals surface area contributed by atoms with Crippen LogP contribution < -0.4 is 10.2 Å². The van der Waals surface area contributed by atoms with E-state index in [1.807, 2.05) is 0 Å². The number of hydrazine groups is 1. The van der Waals surface area contributed by atoms with E-state index >= 15 is 0 Å². The largest absolute Gasteiger partial charge is 0.491 e. The van der Waals surface area contributed by atoms with Gasteiger partial charge in [0.2, 0.25) is 0 Å². The van der Waals surface area contributed by atoms with Crippen LogP contribution in [0.1, 0.15) is 19.3 Å². The summed E-state index contributed by atoms with van der Waals surface area (Å²) in [6, 6.07) is 5.06. The molecular formula is C14H20Cl2N2O2. The Labute approximate surface area is 129 Å². The molecule has 112 valence electrons. The van der Waals surface area contributed by atoms with Crippen molar-refractivity contribution in [1.82, 2.24) is 10.4 Å². The summed E-state index contributed by atoms with van der Waals surface area (Å²) in [4.78, 5) is 0. The van der Waals surface area contributed by atoms with Crippen molar-refractivity contribution in [2.24, 2.45) is 0 Å². The van der Waals surface area contributed by atoms with Crippen LogP contribution in [-0.2, 0) is 0 Å². The van der Waals surface area contributed by atoms with Gasteiger partial charge < -0.3 is 9.84 Å². The quantitative estimate of drug-likeness (QED) is 0.846. The van der Waals surface area contributed by atoms with E-state index in [-0.39, 0.29) is 6.61 Å². The molecule has 1 fully saturated rings. The van der Waals surface area contributed by atoms with Crippen LogP contribution in [0.15, 0.2) is 18.2 Å². The molecule has 20 heavy (non-hydrogen) atoms. The van der Waals surface area contributed by atoms with Gasteiger partial charge in [0.1, 0.15) is 18.5 Å². The first kappa shape index (κ1) is 15.9. The fourth-order valence-electron chi connectivity index (χ4n) is 2.10. The standard InChI is InChI=1S/C14H20Cl2N2O2/c15-13-5-4-12(8-14(13)16)20-10-11(19)9-17-18-6-2-1-3-7-18/h4-5,8,11,17,19H,1-3,6-7,9-10H2. The molecule has 0 saturated carbocycles. The van der Waals surface area contributed by atoms with Gasteiger partial charge in [0, 0.05) is 25.7 Å². The Kier molecular flexibility index (Phi) is 6.39. The molecule has 2 N–H and O–H groups in total. The van der Waals surface area contributed by atoms with Crippen molar-refractivity contribution in [2.45, 2.75) is 25.4 Å². The molecule has 1 aromatic carbocycles. The zero-order chi connectivity index (χ0) is 14.4. The Balaban J connectivity index is 1.68. The minimum Gasteiger partial charge on any atom is -0.491 e. The number of aliphatic hydroxyl groups excluding tert-OH is 1. The van der Waals surface area contributed by atoms with Gasteiger partial charge >= 0.3 is 0 Å². The van der Waals surface area contributed by atoms with Crippen LogP contribution in [0.25, 0.3) is 0 Å². The first-order valence-corrected chi connectivity index (χ1v) is 7.65. The molecule has 4 nitrogen and oxygen atoms in total. The van der Waals surface area contributed by atoms with E-state index in [0.29, 0.717) is 22.3 Å². The molecule has 0 amide bonds. The van der Waals surface area contributed by atoms with Gasteiger partial charge in [-0.25, -0.2) is 5.01 Å². The second-order valence-electron chi connectivity index (χ2n) is 4.95. The number of piperidine rings is 1. The van der Waals surface area contributed by atoms with Crippen LogP contribution in [0.4, 0.5) is 0 Å². The zero-order valence-electron chi connectivity index (χ0n) is 11.3. The lowest BCUT2D eigenvalue weighted by molar-refractivity contribution is 0.0684. The lowest BCUT2D eigenvalue weighted by Crippen LogP contribution is -2.46. The fraction of sp³-hybridized carbons (Fsp3) is 0.571. The van der Waals surface area contributed by atoms with E-state index in [1.54, 1.807) is 18.2 Å². The topological polar surface area (TPSA) is 44.7 Å². The fourth-order valence-corrected chi connectivity index (χ4v) is 2.39. The summed E-state index contributed by atoms with van der Waals surface area (Å²) in [5, 5.41) is 13.0. The van der Waals surface area contributed by atoms with Crippen molar-refractivity contribution in [3.05, 3.63) is 28.2 Å². The Morgan fingerprint density at radius 3 is 2.65 bits per heavy atom. The normalized spacial score (nSPS) is 17.9. The number of halogens is 2. The molecule has 1 atom stereocenters. The van der Waals surface area contributed by atoms with Gasteiger partial charge in [-0.2, -0.15) is 0 Å². The smallest absolute Gasteiger partial charge is 0.121 e. The van der Waals surface area contributed by atoms with E-state index < -0.39 is 6.10 Å². The monoisotopic (exact) mass is 318 g/mol. The van der Waals surface area contributed by atoms with Gasteiger partial charge in [0.05, 0.1) is 10.0 Å². The third kappa shape index (κ3) is 5.11. The van der Waals surface area contributed by atoms with E-state index in [1.165, 1.54) is 19.3 Å². The van der Waals surface area contributed by atoms with E-state index in [0.717, 1.165) is 13.1 Å². The van der Waals surface area contributed by atoms with Crippen molar-refractivity contribution in [1.29, 1.82) is 0 Å². The molecule has 0 aromatic heterocycles. The SMILES string of the molecule is OC(CNN1CCCCC1)COc1ccc(Cl)c(Cl)c1. The zero-order valence-corrected chi connectivity index (χ0v) is 12.8. The van der Waals surface area contributed by atoms with Crippen LogP contribution in [0.3, 0.4) is 0 Å². The molecule has 0 aliphatic carbocycles. The minimum atomic E-state index is -0.564. The second-order valence-corrected chi connectivity index (χ2v) is 5.77.